The zero-order chi connectivity index (χ0) is 13.0. The van der Waals surface area contributed by atoms with Crippen molar-refractivity contribution in [1.29, 1.82) is 0 Å². The molecule has 1 amide bonds. The number of H-pyrrole nitrogens is 1. The van der Waals surface area contributed by atoms with Gasteiger partial charge >= 0.3 is 0 Å². The summed E-state index contributed by atoms with van der Waals surface area (Å²) in [4.78, 5) is 18.7. The van der Waals surface area contributed by atoms with Gasteiger partial charge in [0.15, 0.2) is 0 Å². The molecule has 1 aromatic heterocycles. The first-order valence-corrected chi connectivity index (χ1v) is 5.68. The van der Waals surface area contributed by atoms with Crippen molar-refractivity contribution in [2.24, 2.45) is 0 Å². The van der Waals surface area contributed by atoms with Gasteiger partial charge in [-0.3, -0.25) is 4.79 Å². The van der Waals surface area contributed by atoms with Gasteiger partial charge in [-0.2, -0.15) is 0 Å². The summed E-state index contributed by atoms with van der Waals surface area (Å²) in [6, 6.07) is 5.83. The van der Waals surface area contributed by atoms with Gasteiger partial charge in [-0.25, -0.2) is 9.37 Å². The van der Waals surface area contributed by atoms with Gasteiger partial charge in [0, 0.05) is 12.4 Å². The molecule has 1 atom stereocenters. The van der Waals surface area contributed by atoms with Crippen molar-refractivity contribution in [2.75, 3.05) is 0 Å². The fourth-order valence-corrected chi connectivity index (χ4v) is 1.71. The zero-order valence-corrected chi connectivity index (χ0v) is 9.98. The van der Waals surface area contributed by atoms with Crippen LogP contribution in [-0.4, -0.2) is 15.9 Å². The molecule has 0 aliphatic carbocycles. The minimum absolute atomic E-state index is 0.156. The molecule has 18 heavy (non-hydrogen) atoms. The van der Waals surface area contributed by atoms with E-state index >= 15 is 0 Å². The van der Waals surface area contributed by atoms with Gasteiger partial charge < -0.3 is 10.3 Å². The van der Waals surface area contributed by atoms with E-state index in [0.29, 0.717) is 11.4 Å². The summed E-state index contributed by atoms with van der Waals surface area (Å²) in [7, 11) is 0. The molecular formula is C13H14FN3O. The molecule has 0 saturated carbocycles. The molecule has 2 rings (SSSR count). The smallest absolute Gasteiger partial charge is 0.224 e. The Balaban J connectivity index is 1.93. The maximum Gasteiger partial charge on any atom is 0.224 e. The highest BCUT2D eigenvalue weighted by Crippen LogP contribution is 2.07. The van der Waals surface area contributed by atoms with E-state index in [4.69, 9.17) is 0 Å². The lowest BCUT2D eigenvalue weighted by molar-refractivity contribution is -0.121. The zero-order valence-electron chi connectivity index (χ0n) is 9.98. The molecular weight excluding hydrogens is 233 g/mol. The molecule has 4 nitrogen and oxygen atoms in total. The van der Waals surface area contributed by atoms with Gasteiger partial charge in [-0.15, -0.1) is 0 Å². The molecule has 0 fully saturated rings. The first-order chi connectivity index (χ1) is 8.65. The molecule has 0 spiro atoms. The van der Waals surface area contributed by atoms with Crippen LogP contribution < -0.4 is 5.32 Å². The lowest BCUT2D eigenvalue weighted by Gasteiger charge is -2.11. The maximum atomic E-state index is 13.0. The third kappa shape index (κ3) is 3.16. The largest absolute Gasteiger partial charge is 0.347 e. The third-order valence-corrected chi connectivity index (χ3v) is 2.56. The number of imidazole rings is 1. The molecule has 0 radical (unpaired) electrons. The number of hydrogen-bond acceptors (Lipinski definition) is 2. The van der Waals surface area contributed by atoms with Crippen LogP contribution in [-0.2, 0) is 11.2 Å². The fourth-order valence-electron chi connectivity index (χ4n) is 1.71. The maximum absolute atomic E-state index is 13.0. The predicted molar refractivity (Wildman–Crippen MR) is 65.2 cm³/mol. The van der Waals surface area contributed by atoms with Crippen molar-refractivity contribution in [3.63, 3.8) is 0 Å². The average molecular weight is 247 g/mol. The summed E-state index contributed by atoms with van der Waals surface area (Å²) in [6.45, 7) is 1.84. The lowest BCUT2D eigenvalue weighted by atomic mass is 10.1. The van der Waals surface area contributed by atoms with E-state index in [9.17, 15) is 9.18 Å². The highest BCUT2D eigenvalue weighted by Gasteiger charge is 2.11. The van der Waals surface area contributed by atoms with Crippen molar-refractivity contribution in [3.8, 4) is 0 Å². The van der Waals surface area contributed by atoms with Crippen LogP contribution in [0, 0.1) is 5.82 Å². The molecule has 0 aliphatic heterocycles. The molecule has 2 N–H and O–H groups in total. The van der Waals surface area contributed by atoms with Gasteiger partial charge in [0.05, 0.1) is 12.5 Å². The Morgan fingerprint density at radius 2 is 2.39 bits per heavy atom. The number of halogens is 1. The van der Waals surface area contributed by atoms with Crippen LogP contribution in [0.5, 0.6) is 0 Å². The van der Waals surface area contributed by atoms with E-state index < -0.39 is 0 Å². The molecule has 0 aliphatic rings. The van der Waals surface area contributed by atoms with E-state index in [2.05, 4.69) is 15.3 Å². The van der Waals surface area contributed by atoms with E-state index in [1.807, 2.05) is 6.92 Å². The first kappa shape index (κ1) is 12.3. The minimum atomic E-state index is -0.334. The van der Waals surface area contributed by atoms with Crippen LogP contribution in [0.25, 0.3) is 0 Å². The third-order valence-electron chi connectivity index (χ3n) is 2.56. The number of hydrogen-bond donors (Lipinski definition) is 2. The number of aromatic amines is 1. The van der Waals surface area contributed by atoms with Gasteiger partial charge in [0.1, 0.15) is 11.6 Å². The Morgan fingerprint density at radius 3 is 3.06 bits per heavy atom. The van der Waals surface area contributed by atoms with Gasteiger partial charge in [-0.05, 0) is 24.6 Å². The molecule has 5 heteroatoms. The van der Waals surface area contributed by atoms with Crippen LogP contribution in [0.3, 0.4) is 0 Å². The van der Waals surface area contributed by atoms with Crippen molar-refractivity contribution >= 4 is 5.91 Å². The SMILES string of the molecule is CC(NC(=O)Cc1cccc(F)c1)c1ncc[nH]1. The Bertz CT molecular complexity index is 525. The van der Waals surface area contributed by atoms with E-state index in [1.165, 1.54) is 12.1 Å². The highest BCUT2D eigenvalue weighted by molar-refractivity contribution is 5.78. The molecule has 2 aromatic rings. The summed E-state index contributed by atoms with van der Waals surface area (Å²) in [5.41, 5.74) is 0.652. The second kappa shape index (κ2) is 5.44. The van der Waals surface area contributed by atoms with Crippen molar-refractivity contribution in [3.05, 3.63) is 53.9 Å². The summed E-state index contributed by atoms with van der Waals surface area (Å²) in [6.07, 6.45) is 3.48. The second-order valence-corrected chi connectivity index (χ2v) is 4.07. The Hall–Kier alpha value is -2.17. The number of carbonyl (C=O) groups excluding carboxylic acids is 1. The van der Waals surface area contributed by atoms with Crippen LogP contribution in [0.15, 0.2) is 36.7 Å². The quantitative estimate of drug-likeness (QED) is 0.867. The molecule has 1 heterocycles. The summed E-state index contributed by atoms with van der Waals surface area (Å²) >= 11 is 0. The predicted octanol–water partition coefficient (Wildman–Crippen LogP) is 1.97. The number of carbonyl (C=O) groups is 1. The van der Waals surface area contributed by atoms with Gasteiger partial charge in [0.25, 0.3) is 0 Å². The van der Waals surface area contributed by atoms with Crippen LogP contribution >= 0.6 is 0 Å². The molecule has 94 valence electrons. The second-order valence-electron chi connectivity index (χ2n) is 4.07. The fraction of sp³-hybridized carbons (Fsp3) is 0.231. The monoisotopic (exact) mass is 247 g/mol. The summed E-state index contributed by atoms with van der Waals surface area (Å²) < 4.78 is 13.0. The number of amides is 1. The van der Waals surface area contributed by atoms with Gasteiger partial charge in [-0.1, -0.05) is 12.1 Å². The normalized spacial score (nSPS) is 12.1. The van der Waals surface area contributed by atoms with Crippen molar-refractivity contribution in [2.45, 2.75) is 19.4 Å². The number of nitrogens with zero attached hydrogens (tertiary/aromatic N) is 1. The van der Waals surface area contributed by atoms with Crippen molar-refractivity contribution in [1.82, 2.24) is 15.3 Å². The Kier molecular flexibility index (Phi) is 3.72. The lowest BCUT2D eigenvalue weighted by Crippen LogP contribution is -2.28. The highest BCUT2D eigenvalue weighted by atomic mass is 19.1. The molecule has 0 saturated heterocycles. The average Bonchev–Trinajstić information content (AvgIpc) is 2.81. The van der Waals surface area contributed by atoms with E-state index in [0.717, 1.165) is 0 Å². The van der Waals surface area contributed by atoms with E-state index in [-0.39, 0.29) is 24.2 Å². The van der Waals surface area contributed by atoms with Crippen LogP contribution in [0.2, 0.25) is 0 Å². The van der Waals surface area contributed by atoms with Crippen molar-refractivity contribution < 1.29 is 9.18 Å². The van der Waals surface area contributed by atoms with Crippen LogP contribution in [0.1, 0.15) is 24.4 Å². The Morgan fingerprint density at radius 1 is 1.56 bits per heavy atom. The minimum Gasteiger partial charge on any atom is -0.347 e. The summed E-state index contributed by atoms with van der Waals surface area (Å²) in [5, 5.41) is 2.80. The van der Waals surface area contributed by atoms with Gasteiger partial charge in [0.2, 0.25) is 5.91 Å². The Labute approximate surface area is 104 Å². The molecule has 1 aromatic carbocycles. The number of benzene rings is 1. The number of rotatable bonds is 4. The summed E-state index contributed by atoms with van der Waals surface area (Å²) in [5.74, 6) is 0.200. The van der Waals surface area contributed by atoms with E-state index in [1.54, 1.807) is 24.5 Å². The number of nitrogens with one attached hydrogen (secondary N) is 2. The topological polar surface area (TPSA) is 57.8 Å². The first-order valence-electron chi connectivity index (χ1n) is 5.68. The molecule has 0 bridgehead atoms. The van der Waals surface area contributed by atoms with Crippen LogP contribution in [0.4, 0.5) is 4.39 Å². The standard InChI is InChI=1S/C13H14FN3O/c1-9(13-15-5-6-16-13)17-12(18)8-10-3-2-4-11(14)7-10/h2-7,9H,8H2,1H3,(H,15,16)(H,17,18). The molecule has 1 unspecified atom stereocenters. The number of aromatic nitrogens is 2.